The van der Waals surface area contributed by atoms with Crippen LogP contribution in [0.4, 0.5) is 5.69 Å². The van der Waals surface area contributed by atoms with Crippen LogP contribution >= 0.6 is 0 Å². The molecule has 0 saturated carbocycles. The summed E-state index contributed by atoms with van der Waals surface area (Å²) >= 11 is 0. The average molecular weight is 493 g/mol. The van der Waals surface area contributed by atoms with Gasteiger partial charge >= 0.3 is 0 Å². The zero-order valence-electron chi connectivity index (χ0n) is 19.3. The predicted molar refractivity (Wildman–Crippen MR) is 133 cm³/mol. The molecule has 0 bridgehead atoms. The van der Waals surface area contributed by atoms with E-state index in [1.165, 1.54) is 4.31 Å². The highest BCUT2D eigenvalue weighted by Crippen LogP contribution is 2.37. The fourth-order valence-electron chi connectivity index (χ4n) is 4.78. The summed E-state index contributed by atoms with van der Waals surface area (Å²) < 4.78 is 39.8. The molecule has 182 valence electrons. The van der Waals surface area contributed by atoms with Crippen molar-refractivity contribution in [2.75, 3.05) is 30.6 Å². The summed E-state index contributed by atoms with van der Waals surface area (Å²) in [5, 5.41) is 3.06. The van der Waals surface area contributed by atoms with E-state index in [9.17, 15) is 13.2 Å². The third-order valence-corrected chi connectivity index (χ3v) is 8.59. The lowest BCUT2D eigenvalue weighted by molar-refractivity contribution is -0.128. The van der Waals surface area contributed by atoms with Crippen LogP contribution in [0.1, 0.15) is 18.4 Å². The van der Waals surface area contributed by atoms with Crippen LogP contribution in [0.15, 0.2) is 89.8 Å². The van der Waals surface area contributed by atoms with E-state index >= 15 is 0 Å². The number of ether oxygens (including phenoxy) is 2. The van der Waals surface area contributed by atoms with Gasteiger partial charge in [0.15, 0.2) is 6.10 Å². The summed E-state index contributed by atoms with van der Waals surface area (Å²) in [6.07, 6.45) is 0.608. The van der Waals surface area contributed by atoms with Gasteiger partial charge in [-0.15, -0.1) is 0 Å². The number of sulfonamides is 1. The SMILES string of the molecule is O=C(NCC1(c2ccccc2)CCOCC1)C1CN(S(=O)(=O)c2ccccc2)c2ccccc2O1. The molecule has 5 rings (SSSR count). The number of nitrogens with zero attached hydrogens (tertiary/aromatic N) is 1. The first-order valence-corrected chi connectivity index (χ1v) is 13.2. The molecular formula is C27H28N2O5S. The standard InChI is InChI=1S/C27H28N2O5S/c30-26(28-20-27(15-17-33-18-16-27)21-9-3-1-4-10-21)25-19-29(23-13-7-8-14-24(23)34-25)35(31,32)22-11-5-2-6-12-22/h1-14,25H,15-20H2,(H,28,30). The Kier molecular flexibility index (Phi) is 6.49. The van der Waals surface area contributed by atoms with Gasteiger partial charge in [-0.25, -0.2) is 8.42 Å². The van der Waals surface area contributed by atoms with Crippen molar-refractivity contribution in [3.63, 3.8) is 0 Å². The normalized spacial score (nSPS) is 19.3. The van der Waals surface area contributed by atoms with Gasteiger partial charge in [0.1, 0.15) is 5.75 Å². The Labute approximate surface area is 205 Å². The Bertz CT molecular complexity index is 1280. The molecule has 2 heterocycles. The van der Waals surface area contributed by atoms with Crippen molar-refractivity contribution in [3.05, 3.63) is 90.5 Å². The third kappa shape index (κ3) is 4.63. The van der Waals surface area contributed by atoms with E-state index in [4.69, 9.17) is 9.47 Å². The first kappa shape index (κ1) is 23.4. The fraction of sp³-hybridized carbons (Fsp3) is 0.296. The van der Waals surface area contributed by atoms with Gasteiger partial charge in [0.05, 0.1) is 17.1 Å². The Morgan fingerprint density at radius 2 is 1.54 bits per heavy atom. The molecule has 1 amide bonds. The minimum atomic E-state index is -3.88. The number of anilines is 1. The molecule has 3 aromatic carbocycles. The number of para-hydroxylation sites is 2. The van der Waals surface area contributed by atoms with Crippen molar-refractivity contribution < 1.29 is 22.7 Å². The number of fused-ring (bicyclic) bond motifs is 1. The maximum Gasteiger partial charge on any atom is 0.264 e. The molecule has 1 atom stereocenters. The van der Waals surface area contributed by atoms with Crippen molar-refractivity contribution in [3.8, 4) is 5.75 Å². The first-order valence-electron chi connectivity index (χ1n) is 11.7. The number of nitrogens with one attached hydrogen (secondary N) is 1. The van der Waals surface area contributed by atoms with Crippen LogP contribution in [0, 0.1) is 0 Å². The molecule has 1 fully saturated rings. The van der Waals surface area contributed by atoms with E-state index in [0.717, 1.165) is 18.4 Å². The Balaban J connectivity index is 1.39. The largest absolute Gasteiger partial charge is 0.476 e. The van der Waals surface area contributed by atoms with E-state index in [1.807, 2.05) is 18.2 Å². The lowest BCUT2D eigenvalue weighted by atomic mass is 9.74. The molecule has 1 saturated heterocycles. The minimum absolute atomic E-state index is 0.110. The quantitative estimate of drug-likeness (QED) is 0.569. The summed E-state index contributed by atoms with van der Waals surface area (Å²) in [4.78, 5) is 13.5. The summed E-state index contributed by atoms with van der Waals surface area (Å²) in [6, 6.07) is 25.3. The molecule has 0 radical (unpaired) electrons. The summed E-state index contributed by atoms with van der Waals surface area (Å²) in [5.41, 5.74) is 1.34. The number of carbonyl (C=O) groups excluding carboxylic acids is 1. The Morgan fingerprint density at radius 3 is 2.26 bits per heavy atom. The zero-order valence-corrected chi connectivity index (χ0v) is 20.1. The summed E-state index contributed by atoms with van der Waals surface area (Å²) in [7, 11) is -3.88. The lowest BCUT2D eigenvalue weighted by Crippen LogP contribution is -2.53. The Morgan fingerprint density at radius 1 is 0.914 bits per heavy atom. The topological polar surface area (TPSA) is 84.9 Å². The number of amides is 1. The number of carbonyl (C=O) groups is 1. The molecule has 0 aliphatic carbocycles. The van der Waals surface area contributed by atoms with Crippen LogP contribution < -0.4 is 14.4 Å². The molecule has 1 unspecified atom stereocenters. The fourth-order valence-corrected chi connectivity index (χ4v) is 6.27. The Hall–Kier alpha value is -3.36. The van der Waals surface area contributed by atoms with Crippen molar-refractivity contribution in [1.82, 2.24) is 5.32 Å². The van der Waals surface area contributed by atoms with E-state index in [0.29, 0.717) is 31.2 Å². The van der Waals surface area contributed by atoms with Crippen molar-refractivity contribution in [2.24, 2.45) is 0 Å². The van der Waals surface area contributed by atoms with Crippen molar-refractivity contribution >= 4 is 21.6 Å². The summed E-state index contributed by atoms with van der Waals surface area (Å²) in [5.74, 6) is 0.0248. The molecule has 0 spiro atoms. The van der Waals surface area contributed by atoms with Crippen molar-refractivity contribution in [1.29, 1.82) is 0 Å². The number of benzene rings is 3. The number of hydrogen-bond acceptors (Lipinski definition) is 5. The van der Waals surface area contributed by atoms with Gasteiger partial charge in [0, 0.05) is 25.2 Å². The van der Waals surface area contributed by atoms with Crippen LogP contribution in [0.5, 0.6) is 5.75 Å². The number of rotatable bonds is 6. The molecule has 35 heavy (non-hydrogen) atoms. The lowest BCUT2D eigenvalue weighted by Gasteiger charge is -2.39. The maximum atomic E-state index is 13.5. The highest BCUT2D eigenvalue weighted by atomic mass is 32.2. The van der Waals surface area contributed by atoms with Gasteiger partial charge in [-0.05, 0) is 42.7 Å². The maximum absolute atomic E-state index is 13.5. The highest BCUT2D eigenvalue weighted by Gasteiger charge is 2.39. The van der Waals surface area contributed by atoms with Gasteiger partial charge in [-0.2, -0.15) is 0 Å². The molecule has 2 aliphatic rings. The zero-order chi connectivity index (χ0) is 24.3. The van der Waals surface area contributed by atoms with Crippen LogP contribution in [-0.4, -0.2) is 46.7 Å². The average Bonchev–Trinajstić information content (AvgIpc) is 2.92. The van der Waals surface area contributed by atoms with Crippen molar-refractivity contribution in [2.45, 2.75) is 29.3 Å². The summed E-state index contributed by atoms with van der Waals surface area (Å²) in [6.45, 7) is 1.57. The predicted octanol–water partition coefficient (Wildman–Crippen LogP) is 3.51. The first-order chi connectivity index (χ1) is 17.0. The van der Waals surface area contributed by atoms with Gasteiger partial charge in [-0.3, -0.25) is 9.10 Å². The molecular weight excluding hydrogens is 464 g/mol. The van der Waals surface area contributed by atoms with E-state index < -0.39 is 16.1 Å². The van der Waals surface area contributed by atoms with Crippen LogP contribution in [0.25, 0.3) is 0 Å². The van der Waals surface area contributed by atoms with Crippen LogP contribution in [0.3, 0.4) is 0 Å². The van der Waals surface area contributed by atoms with Crippen LogP contribution in [0.2, 0.25) is 0 Å². The van der Waals surface area contributed by atoms with Gasteiger partial charge < -0.3 is 14.8 Å². The van der Waals surface area contributed by atoms with E-state index in [1.54, 1.807) is 54.6 Å². The third-order valence-electron chi connectivity index (χ3n) is 6.80. The van der Waals surface area contributed by atoms with E-state index in [-0.39, 0.29) is 22.8 Å². The number of hydrogen-bond donors (Lipinski definition) is 1. The van der Waals surface area contributed by atoms with Gasteiger partial charge in [0.2, 0.25) is 0 Å². The van der Waals surface area contributed by atoms with Gasteiger partial charge in [-0.1, -0.05) is 60.7 Å². The second kappa shape index (κ2) is 9.71. The molecule has 0 aromatic heterocycles. The molecule has 3 aromatic rings. The second-order valence-corrected chi connectivity index (χ2v) is 10.8. The molecule has 1 N–H and O–H groups in total. The molecule has 7 nitrogen and oxygen atoms in total. The van der Waals surface area contributed by atoms with Crippen LogP contribution in [-0.2, 0) is 25.0 Å². The minimum Gasteiger partial charge on any atom is -0.476 e. The molecule has 2 aliphatic heterocycles. The molecule has 8 heteroatoms. The van der Waals surface area contributed by atoms with Gasteiger partial charge in [0.25, 0.3) is 15.9 Å². The second-order valence-electron chi connectivity index (χ2n) is 8.90. The highest BCUT2D eigenvalue weighted by molar-refractivity contribution is 7.92. The monoisotopic (exact) mass is 492 g/mol. The van der Waals surface area contributed by atoms with E-state index in [2.05, 4.69) is 17.4 Å². The smallest absolute Gasteiger partial charge is 0.264 e.